The minimum absolute atomic E-state index is 0.194. The quantitative estimate of drug-likeness (QED) is 0.776. The highest BCUT2D eigenvalue weighted by molar-refractivity contribution is 5.82. The molecule has 0 aliphatic carbocycles. The molecule has 0 spiro atoms. The van der Waals surface area contributed by atoms with Crippen molar-refractivity contribution < 1.29 is 9.90 Å². The number of rotatable bonds is 3. The van der Waals surface area contributed by atoms with Crippen molar-refractivity contribution in [1.82, 2.24) is 9.88 Å². The van der Waals surface area contributed by atoms with Crippen molar-refractivity contribution in [2.75, 3.05) is 13.1 Å². The fourth-order valence-corrected chi connectivity index (χ4v) is 2.02. The van der Waals surface area contributed by atoms with Crippen LogP contribution >= 0.6 is 0 Å². The Balaban J connectivity index is 2.04. The van der Waals surface area contributed by atoms with Gasteiger partial charge in [0.15, 0.2) is 0 Å². The van der Waals surface area contributed by atoms with Crippen LogP contribution in [-0.2, 0) is 4.79 Å². The number of pyridine rings is 1. The van der Waals surface area contributed by atoms with E-state index in [1.54, 1.807) is 29.3 Å². The third kappa shape index (κ3) is 2.62. The van der Waals surface area contributed by atoms with E-state index in [1.807, 2.05) is 0 Å². The van der Waals surface area contributed by atoms with Crippen LogP contribution in [0.15, 0.2) is 24.4 Å². The standard InChI is InChI=1S/C12H17N3O2/c13-10(12(17)15-7-3-4-8-15)11(16)9-5-1-2-6-14-9/h1-2,5-6,10-11,16H,3-4,7-8,13H2/t10-,11+/m1/s1. The Bertz CT molecular complexity index is 377. The molecule has 5 heteroatoms. The van der Waals surface area contributed by atoms with Gasteiger partial charge in [0.05, 0.1) is 5.69 Å². The van der Waals surface area contributed by atoms with Crippen molar-refractivity contribution in [3.8, 4) is 0 Å². The molecule has 1 saturated heterocycles. The Hall–Kier alpha value is -1.46. The Kier molecular flexibility index (Phi) is 3.71. The number of carbonyl (C=O) groups excluding carboxylic acids is 1. The molecule has 2 rings (SSSR count). The van der Waals surface area contributed by atoms with Gasteiger partial charge in [-0.25, -0.2) is 0 Å². The van der Waals surface area contributed by atoms with E-state index in [2.05, 4.69) is 4.98 Å². The summed E-state index contributed by atoms with van der Waals surface area (Å²) in [5.41, 5.74) is 6.23. The predicted octanol–water partition coefficient (Wildman–Crippen LogP) is 0.0647. The molecule has 1 fully saturated rings. The first-order chi connectivity index (χ1) is 8.20. The molecular formula is C12H17N3O2. The van der Waals surface area contributed by atoms with E-state index in [-0.39, 0.29) is 5.91 Å². The molecule has 0 radical (unpaired) electrons. The maximum atomic E-state index is 12.0. The summed E-state index contributed by atoms with van der Waals surface area (Å²) in [7, 11) is 0. The van der Waals surface area contributed by atoms with E-state index >= 15 is 0 Å². The number of amides is 1. The summed E-state index contributed by atoms with van der Waals surface area (Å²) in [5.74, 6) is -0.194. The fraction of sp³-hybridized carbons (Fsp3) is 0.500. The Morgan fingerprint density at radius 2 is 2.12 bits per heavy atom. The lowest BCUT2D eigenvalue weighted by molar-refractivity contribution is -0.134. The van der Waals surface area contributed by atoms with Crippen molar-refractivity contribution >= 4 is 5.91 Å². The van der Waals surface area contributed by atoms with Crippen LogP contribution in [0, 0.1) is 0 Å². The van der Waals surface area contributed by atoms with Gasteiger partial charge in [-0.1, -0.05) is 6.07 Å². The van der Waals surface area contributed by atoms with Gasteiger partial charge in [-0.15, -0.1) is 0 Å². The van der Waals surface area contributed by atoms with E-state index in [9.17, 15) is 9.90 Å². The van der Waals surface area contributed by atoms with E-state index in [1.165, 1.54) is 0 Å². The smallest absolute Gasteiger partial charge is 0.242 e. The zero-order valence-corrected chi connectivity index (χ0v) is 9.62. The molecule has 2 atom stereocenters. The molecule has 92 valence electrons. The van der Waals surface area contributed by atoms with Gasteiger partial charge in [-0.05, 0) is 25.0 Å². The minimum Gasteiger partial charge on any atom is -0.385 e. The topological polar surface area (TPSA) is 79.5 Å². The second-order valence-corrected chi connectivity index (χ2v) is 4.26. The van der Waals surface area contributed by atoms with Crippen LogP contribution in [0.2, 0.25) is 0 Å². The number of likely N-dealkylation sites (tertiary alicyclic amines) is 1. The van der Waals surface area contributed by atoms with Crippen LogP contribution in [0.4, 0.5) is 0 Å². The SMILES string of the molecule is N[C@@H](C(=O)N1CCCC1)[C@@H](O)c1ccccn1. The number of hydrogen-bond acceptors (Lipinski definition) is 4. The lowest BCUT2D eigenvalue weighted by Crippen LogP contribution is -2.46. The summed E-state index contributed by atoms with van der Waals surface area (Å²) in [5, 5.41) is 9.98. The molecule has 1 aliphatic rings. The van der Waals surface area contributed by atoms with Gasteiger partial charge >= 0.3 is 0 Å². The van der Waals surface area contributed by atoms with Crippen LogP contribution < -0.4 is 5.73 Å². The number of nitrogens with two attached hydrogens (primary N) is 1. The third-order valence-corrected chi connectivity index (χ3v) is 3.03. The Morgan fingerprint density at radius 1 is 1.41 bits per heavy atom. The van der Waals surface area contributed by atoms with Gasteiger partial charge in [0, 0.05) is 19.3 Å². The third-order valence-electron chi connectivity index (χ3n) is 3.03. The van der Waals surface area contributed by atoms with E-state index in [0.29, 0.717) is 5.69 Å². The van der Waals surface area contributed by atoms with Gasteiger partial charge in [-0.2, -0.15) is 0 Å². The number of aliphatic hydroxyl groups excluding tert-OH is 1. The summed E-state index contributed by atoms with van der Waals surface area (Å²) in [6, 6.07) is 4.26. The molecule has 1 aromatic heterocycles. The van der Waals surface area contributed by atoms with Crippen LogP contribution in [0.25, 0.3) is 0 Å². The zero-order valence-electron chi connectivity index (χ0n) is 9.62. The van der Waals surface area contributed by atoms with Crippen LogP contribution in [-0.4, -0.2) is 40.0 Å². The summed E-state index contributed by atoms with van der Waals surface area (Å²) in [4.78, 5) is 17.7. The fourth-order valence-electron chi connectivity index (χ4n) is 2.02. The van der Waals surface area contributed by atoms with Gasteiger partial charge < -0.3 is 15.7 Å². The summed E-state index contributed by atoms with van der Waals surface area (Å²) >= 11 is 0. The van der Waals surface area contributed by atoms with E-state index in [4.69, 9.17) is 5.73 Å². The van der Waals surface area contributed by atoms with E-state index in [0.717, 1.165) is 25.9 Å². The first-order valence-corrected chi connectivity index (χ1v) is 5.83. The molecule has 0 aromatic carbocycles. The predicted molar refractivity (Wildman–Crippen MR) is 63.0 cm³/mol. The average Bonchev–Trinajstić information content (AvgIpc) is 2.91. The molecule has 0 unspecified atom stereocenters. The molecule has 3 N–H and O–H groups in total. The largest absolute Gasteiger partial charge is 0.385 e. The Morgan fingerprint density at radius 3 is 2.71 bits per heavy atom. The number of hydrogen-bond donors (Lipinski definition) is 2. The maximum Gasteiger partial charge on any atom is 0.242 e. The molecule has 1 aromatic rings. The first-order valence-electron chi connectivity index (χ1n) is 5.83. The minimum atomic E-state index is -1.04. The van der Waals surface area contributed by atoms with Crippen molar-refractivity contribution in [3.63, 3.8) is 0 Å². The maximum absolute atomic E-state index is 12.0. The average molecular weight is 235 g/mol. The van der Waals surface area contributed by atoms with Crippen molar-refractivity contribution in [1.29, 1.82) is 0 Å². The van der Waals surface area contributed by atoms with Gasteiger partial charge in [0.2, 0.25) is 5.91 Å². The van der Waals surface area contributed by atoms with Gasteiger partial charge in [0.25, 0.3) is 0 Å². The Labute approximate surface area is 100 Å². The van der Waals surface area contributed by atoms with Crippen molar-refractivity contribution in [2.45, 2.75) is 25.0 Å². The zero-order chi connectivity index (χ0) is 12.3. The highest BCUT2D eigenvalue weighted by Gasteiger charge is 2.30. The molecule has 5 nitrogen and oxygen atoms in total. The summed E-state index contributed by atoms with van der Waals surface area (Å²) in [6.07, 6.45) is 2.56. The molecule has 0 bridgehead atoms. The molecule has 0 saturated carbocycles. The first kappa shape index (κ1) is 12.0. The van der Waals surface area contributed by atoms with Crippen molar-refractivity contribution in [3.05, 3.63) is 30.1 Å². The van der Waals surface area contributed by atoms with Gasteiger partial charge in [-0.3, -0.25) is 9.78 Å². The highest BCUT2D eigenvalue weighted by atomic mass is 16.3. The highest BCUT2D eigenvalue weighted by Crippen LogP contribution is 2.16. The lowest BCUT2D eigenvalue weighted by atomic mass is 10.1. The van der Waals surface area contributed by atoms with Crippen LogP contribution in [0.5, 0.6) is 0 Å². The van der Waals surface area contributed by atoms with Crippen LogP contribution in [0.1, 0.15) is 24.6 Å². The molecule has 17 heavy (non-hydrogen) atoms. The second kappa shape index (κ2) is 5.25. The molecule has 1 amide bonds. The summed E-state index contributed by atoms with van der Waals surface area (Å²) in [6.45, 7) is 1.48. The van der Waals surface area contributed by atoms with Gasteiger partial charge in [0.1, 0.15) is 12.1 Å². The number of aliphatic hydroxyl groups is 1. The lowest BCUT2D eigenvalue weighted by Gasteiger charge is -2.23. The van der Waals surface area contributed by atoms with Crippen LogP contribution in [0.3, 0.4) is 0 Å². The monoisotopic (exact) mass is 235 g/mol. The molecule has 1 aliphatic heterocycles. The molecular weight excluding hydrogens is 218 g/mol. The normalized spacial score (nSPS) is 19.1. The number of aromatic nitrogens is 1. The number of nitrogens with zero attached hydrogens (tertiary/aromatic N) is 2. The van der Waals surface area contributed by atoms with E-state index < -0.39 is 12.1 Å². The summed E-state index contributed by atoms with van der Waals surface area (Å²) < 4.78 is 0. The second-order valence-electron chi connectivity index (χ2n) is 4.26. The molecule has 2 heterocycles. The number of carbonyl (C=O) groups is 1. The van der Waals surface area contributed by atoms with Crippen molar-refractivity contribution in [2.24, 2.45) is 5.73 Å².